The van der Waals surface area contributed by atoms with E-state index in [1.165, 1.54) is 43.4 Å². The van der Waals surface area contributed by atoms with Crippen molar-refractivity contribution < 1.29 is 21.6 Å². The first-order valence-electron chi connectivity index (χ1n) is 7.21. The van der Waals surface area contributed by atoms with Crippen LogP contribution in [0.4, 0.5) is 0 Å². The summed E-state index contributed by atoms with van der Waals surface area (Å²) < 4.78 is 32.2. The maximum absolute atomic E-state index is 9.22. The lowest BCUT2D eigenvalue weighted by atomic mass is 10.3. The Bertz CT molecular complexity index is 266. The van der Waals surface area contributed by atoms with Crippen molar-refractivity contribution in [3.63, 3.8) is 0 Å². The van der Waals surface area contributed by atoms with Gasteiger partial charge in [0.2, 0.25) is 10.4 Å². The molecule has 0 fully saturated rings. The summed E-state index contributed by atoms with van der Waals surface area (Å²) in [5, 5.41) is 0. The maximum Gasteiger partial charge on any atom is 0.217 e. The molecule has 0 bridgehead atoms. The van der Waals surface area contributed by atoms with Gasteiger partial charge >= 0.3 is 0 Å². The quantitative estimate of drug-likeness (QED) is 0.334. The molecular formula is C13H34N2O4S. The van der Waals surface area contributed by atoms with Crippen molar-refractivity contribution >= 4 is 10.4 Å². The van der Waals surface area contributed by atoms with Gasteiger partial charge in [0, 0.05) is 0 Å². The number of quaternary nitrogens is 1. The van der Waals surface area contributed by atoms with Gasteiger partial charge in [0.1, 0.15) is 0 Å². The van der Waals surface area contributed by atoms with Crippen LogP contribution in [-0.4, -0.2) is 57.8 Å². The number of nitrogens with zero attached hydrogens (tertiary/aromatic N) is 1. The Labute approximate surface area is 125 Å². The molecule has 0 aromatic heterocycles. The molecule has 0 saturated heterocycles. The Morgan fingerprint density at radius 1 is 1.05 bits per heavy atom. The van der Waals surface area contributed by atoms with Gasteiger partial charge in [-0.1, -0.05) is 19.8 Å². The molecule has 0 saturated carbocycles. The second kappa shape index (κ2) is 15.2. The Kier molecular flexibility index (Phi) is 18.8. The lowest BCUT2D eigenvalue weighted by Gasteiger charge is -2.30. The largest absolute Gasteiger partial charge is 0.726 e. The highest BCUT2D eigenvalue weighted by Crippen LogP contribution is 1.97. The molecule has 7 heteroatoms. The molecule has 0 aliphatic carbocycles. The molecule has 0 radical (unpaired) electrons. The topological polar surface area (TPSA) is 92.5 Å². The number of hydrogen-bond donors (Lipinski definition) is 1. The molecule has 126 valence electrons. The molecule has 0 amide bonds. The van der Waals surface area contributed by atoms with E-state index in [-0.39, 0.29) is 0 Å². The molecule has 2 N–H and O–H groups in total. The van der Waals surface area contributed by atoms with Crippen LogP contribution in [0.3, 0.4) is 0 Å². The molecule has 6 nitrogen and oxygen atoms in total. The van der Waals surface area contributed by atoms with Crippen molar-refractivity contribution in [1.29, 1.82) is 0 Å². The second-order valence-corrected chi connectivity index (χ2v) is 5.79. The lowest BCUT2D eigenvalue weighted by molar-refractivity contribution is -0.904. The molecule has 0 heterocycles. The van der Waals surface area contributed by atoms with Gasteiger partial charge in [-0.2, -0.15) is 0 Å². The van der Waals surface area contributed by atoms with Gasteiger partial charge in [-0.3, -0.25) is 4.18 Å². The number of rotatable bonds is 7. The van der Waals surface area contributed by atoms with E-state index in [2.05, 4.69) is 38.9 Å². The lowest BCUT2D eigenvalue weighted by Crippen LogP contribution is -2.42. The Morgan fingerprint density at radius 3 is 1.45 bits per heavy atom. The van der Waals surface area contributed by atoms with Crippen molar-refractivity contribution in [1.82, 2.24) is 0 Å². The van der Waals surface area contributed by atoms with E-state index in [4.69, 9.17) is 5.73 Å². The zero-order chi connectivity index (χ0) is 16.7. The van der Waals surface area contributed by atoms with E-state index in [0.717, 1.165) is 13.7 Å². The third kappa shape index (κ3) is 22.9. The summed E-state index contributed by atoms with van der Waals surface area (Å²) in [5.41, 5.74) is 5.21. The molecule has 0 aliphatic heterocycles. The van der Waals surface area contributed by atoms with Crippen LogP contribution in [0.1, 0.15) is 47.0 Å². The molecule has 20 heavy (non-hydrogen) atoms. The summed E-state index contributed by atoms with van der Waals surface area (Å²) in [6, 6.07) is 0. The van der Waals surface area contributed by atoms with Gasteiger partial charge < -0.3 is 14.8 Å². The molecular weight excluding hydrogens is 280 g/mol. The smallest absolute Gasteiger partial charge is 0.217 e. The van der Waals surface area contributed by atoms with Gasteiger partial charge in [0.25, 0.3) is 0 Å². The highest BCUT2D eigenvalue weighted by atomic mass is 32.3. The van der Waals surface area contributed by atoms with Crippen LogP contribution >= 0.6 is 0 Å². The van der Waals surface area contributed by atoms with Crippen LogP contribution in [-0.2, 0) is 14.6 Å². The first-order chi connectivity index (χ1) is 9.16. The van der Waals surface area contributed by atoms with Crippen molar-refractivity contribution in [3.8, 4) is 0 Å². The van der Waals surface area contributed by atoms with E-state index < -0.39 is 10.4 Å². The average molecular weight is 314 g/mol. The van der Waals surface area contributed by atoms with Crippen molar-refractivity contribution in [2.24, 2.45) is 5.73 Å². The van der Waals surface area contributed by atoms with E-state index >= 15 is 0 Å². The maximum atomic E-state index is 9.22. The molecule has 0 rings (SSSR count). The fourth-order valence-electron chi connectivity index (χ4n) is 1.07. The van der Waals surface area contributed by atoms with Crippen LogP contribution in [0.2, 0.25) is 0 Å². The second-order valence-electron chi connectivity index (χ2n) is 4.64. The third-order valence-electron chi connectivity index (χ3n) is 3.30. The van der Waals surface area contributed by atoms with Gasteiger partial charge in [0.05, 0.1) is 33.8 Å². The number of hydrogen-bond acceptors (Lipinski definition) is 5. The summed E-state index contributed by atoms with van der Waals surface area (Å²) in [4.78, 5) is 0. The predicted molar refractivity (Wildman–Crippen MR) is 83.1 cm³/mol. The van der Waals surface area contributed by atoms with Gasteiger partial charge in [-0.05, 0) is 33.7 Å². The van der Waals surface area contributed by atoms with Crippen LogP contribution in [0.15, 0.2) is 0 Å². The highest BCUT2D eigenvalue weighted by Gasteiger charge is 2.10. The highest BCUT2D eigenvalue weighted by molar-refractivity contribution is 7.80. The van der Waals surface area contributed by atoms with Gasteiger partial charge in [-0.15, -0.1) is 0 Å². The molecule has 0 spiro atoms. The van der Waals surface area contributed by atoms with Crippen molar-refractivity contribution in [2.75, 3.05) is 40.3 Å². The summed E-state index contributed by atoms with van der Waals surface area (Å²) >= 11 is 0. The minimum atomic E-state index is -4.41. The minimum absolute atomic E-state index is 0.808. The van der Waals surface area contributed by atoms with E-state index in [0.29, 0.717) is 0 Å². The summed E-state index contributed by atoms with van der Waals surface area (Å²) in [5.74, 6) is 0. The number of nitrogens with two attached hydrogens (primary N) is 1. The Morgan fingerprint density at radius 2 is 1.40 bits per heavy atom. The van der Waals surface area contributed by atoms with E-state index in [1.807, 2.05) is 0 Å². The van der Waals surface area contributed by atoms with Crippen LogP contribution in [0.5, 0.6) is 0 Å². The fraction of sp³-hybridized carbons (Fsp3) is 1.00. The average Bonchev–Trinajstić information content (AvgIpc) is 2.44. The van der Waals surface area contributed by atoms with E-state index in [9.17, 15) is 13.0 Å². The summed E-state index contributed by atoms with van der Waals surface area (Å²) in [7, 11) is -1.31. The van der Waals surface area contributed by atoms with Crippen LogP contribution < -0.4 is 5.73 Å². The number of unbranched alkanes of at least 4 members (excludes halogenated alkanes) is 2. The van der Waals surface area contributed by atoms with Gasteiger partial charge in [-0.25, -0.2) is 8.42 Å². The monoisotopic (exact) mass is 314 g/mol. The van der Waals surface area contributed by atoms with E-state index in [1.54, 1.807) is 0 Å². The first kappa shape index (κ1) is 24.8. The van der Waals surface area contributed by atoms with Crippen LogP contribution in [0.25, 0.3) is 0 Å². The molecule has 0 atom stereocenters. The van der Waals surface area contributed by atoms with Crippen molar-refractivity contribution in [2.45, 2.75) is 47.0 Å². The standard InChI is InChI=1S/C7H18N.C5H13N.CH4O4S/c1-5-8(4,6-2)7-3;1-2-3-4-5-6;1-5-6(2,3)4/h5-7H2,1-4H3;2-6H2,1H3;1H3,(H,2,3,4)/q+1;;/p-1. The predicted octanol–water partition coefficient (Wildman–Crippen LogP) is 1.72. The minimum Gasteiger partial charge on any atom is -0.726 e. The van der Waals surface area contributed by atoms with Crippen molar-refractivity contribution in [3.05, 3.63) is 0 Å². The molecule has 0 aromatic carbocycles. The van der Waals surface area contributed by atoms with Crippen LogP contribution in [0, 0.1) is 0 Å². The molecule has 0 aliphatic rings. The zero-order valence-electron chi connectivity index (χ0n) is 14.0. The zero-order valence-corrected chi connectivity index (χ0v) is 14.8. The Balaban J connectivity index is -0.000000221. The van der Waals surface area contributed by atoms with Gasteiger partial charge in [0.15, 0.2) is 0 Å². The fourth-order valence-corrected chi connectivity index (χ4v) is 1.07. The molecule has 0 aromatic rings. The first-order valence-corrected chi connectivity index (χ1v) is 8.54. The summed E-state index contributed by atoms with van der Waals surface area (Å²) in [6.45, 7) is 13.5. The normalized spacial score (nSPS) is 11.0. The third-order valence-corrected chi connectivity index (χ3v) is 3.71. The summed E-state index contributed by atoms with van der Waals surface area (Å²) in [6.07, 6.45) is 3.75. The Hall–Kier alpha value is -0.210. The SMILES string of the molecule is CCCCCN.CC[N+](C)(CC)CC.COS(=O)(=O)[O-]. The molecule has 0 unspecified atom stereocenters.